The van der Waals surface area contributed by atoms with Crippen LogP contribution in [0.1, 0.15) is 11.3 Å². The fraction of sp³-hybridized carbons (Fsp3) is 0.438. The van der Waals surface area contributed by atoms with Crippen molar-refractivity contribution in [2.24, 2.45) is 7.05 Å². The quantitative estimate of drug-likeness (QED) is 0.930. The Morgan fingerprint density at radius 2 is 2.23 bits per heavy atom. The van der Waals surface area contributed by atoms with Crippen molar-refractivity contribution in [3.05, 3.63) is 47.5 Å². The van der Waals surface area contributed by atoms with Gasteiger partial charge in [-0.15, -0.1) is 0 Å². The lowest BCUT2D eigenvalue weighted by Gasteiger charge is -2.17. The lowest BCUT2D eigenvalue weighted by molar-refractivity contribution is 0.0734. The van der Waals surface area contributed by atoms with E-state index >= 15 is 0 Å². The number of ether oxygens (including phenoxy) is 1. The van der Waals surface area contributed by atoms with Gasteiger partial charge >= 0.3 is 0 Å². The Morgan fingerprint density at radius 3 is 2.91 bits per heavy atom. The van der Waals surface area contributed by atoms with Gasteiger partial charge in [0.25, 0.3) is 0 Å². The number of hydrogen-bond acceptors (Lipinski definition) is 4. The second-order valence-electron chi connectivity index (χ2n) is 5.75. The molecule has 0 aliphatic carbocycles. The van der Waals surface area contributed by atoms with Gasteiger partial charge < -0.3 is 9.84 Å². The van der Waals surface area contributed by atoms with Crippen molar-refractivity contribution in [2.75, 3.05) is 13.1 Å². The predicted octanol–water partition coefficient (Wildman–Crippen LogP) is 1.49. The largest absolute Gasteiger partial charge is 0.486 e. The summed E-state index contributed by atoms with van der Waals surface area (Å²) in [5.74, 6) is 0.108. The molecule has 1 fully saturated rings. The molecule has 0 spiro atoms. The van der Waals surface area contributed by atoms with E-state index in [9.17, 15) is 9.50 Å². The maximum Gasteiger partial charge on any atom is 0.138 e. The summed E-state index contributed by atoms with van der Waals surface area (Å²) in [6, 6.07) is 6.00. The third-order valence-electron chi connectivity index (χ3n) is 4.13. The fourth-order valence-electron chi connectivity index (χ4n) is 2.73. The van der Waals surface area contributed by atoms with Crippen LogP contribution in [0.15, 0.2) is 30.5 Å². The summed E-state index contributed by atoms with van der Waals surface area (Å²) in [6.07, 6.45) is 0.918. The third kappa shape index (κ3) is 3.13. The van der Waals surface area contributed by atoms with Crippen LogP contribution in [0.4, 0.5) is 4.39 Å². The van der Waals surface area contributed by atoms with Crippen LogP contribution >= 0.6 is 0 Å². The van der Waals surface area contributed by atoms with E-state index < -0.39 is 6.10 Å². The molecule has 1 N–H and O–H groups in total. The maximum atomic E-state index is 13.2. The Balaban J connectivity index is 1.63. The minimum Gasteiger partial charge on any atom is -0.486 e. The summed E-state index contributed by atoms with van der Waals surface area (Å²) in [5, 5.41) is 14.4. The Hall–Kier alpha value is -1.92. The van der Waals surface area contributed by atoms with Crippen LogP contribution in [0.5, 0.6) is 5.75 Å². The van der Waals surface area contributed by atoms with Gasteiger partial charge in [-0.2, -0.15) is 5.10 Å². The zero-order valence-electron chi connectivity index (χ0n) is 12.7. The molecule has 2 aromatic rings. The summed E-state index contributed by atoms with van der Waals surface area (Å²) in [6.45, 7) is 3.88. The second-order valence-corrected chi connectivity index (χ2v) is 5.75. The van der Waals surface area contributed by atoms with Crippen molar-refractivity contribution < 1.29 is 14.2 Å². The molecule has 1 aliphatic heterocycles. The zero-order chi connectivity index (χ0) is 15.7. The number of likely N-dealkylation sites (tertiary alicyclic amines) is 1. The minimum atomic E-state index is -0.583. The number of aromatic nitrogens is 2. The third-order valence-corrected chi connectivity index (χ3v) is 4.13. The number of halogens is 1. The van der Waals surface area contributed by atoms with Crippen LogP contribution in [0.25, 0.3) is 0 Å². The highest BCUT2D eigenvalue weighted by molar-refractivity contribution is 5.23. The van der Waals surface area contributed by atoms with Crippen molar-refractivity contribution in [1.82, 2.24) is 14.7 Å². The van der Waals surface area contributed by atoms with E-state index in [4.69, 9.17) is 4.74 Å². The van der Waals surface area contributed by atoms with Gasteiger partial charge in [0.2, 0.25) is 0 Å². The highest BCUT2D eigenvalue weighted by atomic mass is 19.1. The van der Waals surface area contributed by atoms with Crippen LogP contribution in [0.2, 0.25) is 0 Å². The van der Waals surface area contributed by atoms with Gasteiger partial charge in [-0.25, -0.2) is 4.39 Å². The highest BCUT2D eigenvalue weighted by Crippen LogP contribution is 2.21. The molecule has 1 aromatic heterocycles. The van der Waals surface area contributed by atoms with Crippen molar-refractivity contribution >= 4 is 0 Å². The van der Waals surface area contributed by atoms with Gasteiger partial charge in [-0.05, 0) is 19.1 Å². The van der Waals surface area contributed by atoms with E-state index in [0.29, 0.717) is 18.8 Å². The number of benzene rings is 1. The molecule has 1 aliphatic rings. The van der Waals surface area contributed by atoms with Crippen molar-refractivity contribution in [3.63, 3.8) is 0 Å². The van der Waals surface area contributed by atoms with E-state index in [-0.39, 0.29) is 11.9 Å². The predicted molar refractivity (Wildman–Crippen MR) is 80.0 cm³/mol. The van der Waals surface area contributed by atoms with Gasteiger partial charge in [0.15, 0.2) is 0 Å². The summed E-state index contributed by atoms with van der Waals surface area (Å²) < 4.78 is 20.7. The Bertz CT molecular complexity index is 659. The molecule has 118 valence electrons. The van der Waals surface area contributed by atoms with Crippen LogP contribution in [0.3, 0.4) is 0 Å². The zero-order valence-corrected chi connectivity index (χ0v) is 12.7. The molecule has 0 saturated carbocycles. The molecule has 22 heavy (non-hydrogen) atoms. The Morgan fingerprint density at radius 1 is 1.41 bits per heavy atom. The van der Waals surface area contributed by atoms with Crippen LogP contribution in [-0.4, -0.2) is 45.1 Å². The molecule has 1 saturated heterocycles. The molecular formula is C16H20FN3O2. The minimum absolute atomic E-state index is 0.340. The smallest absolute Gasteiger partial charge is 0.138 e. The van der Waals surface area contributed by atoms with Gasteiger partial charge in [-0.1, -0.05) is 6.07 Å². The van der Waals surface area contributed by atoms with E-state index in [1.54, 1.807) is 12.1 Å². The number of rotatable bonds is 4. The van der Waals surface area contributed by atoms with Gasteiger partial charge in [0, 0.05) is 44.0 Å². The Labute approximate surface area is 128 Å². The van der Waals surface area contributed by atoms with Gasteiger partial charge in [0.05, 0.1) is 6.20 Å². The first-order valence-corrected chi connectivity index (χ1v) is 7.33. The number of nitrogens with zero attached hydrogens (tertiary/aromatic N) is 3. The lowest BCUT2D eigenvalue weighted by Crippen LogP contribution is -2.29. The molecule has 0 radical (unpaired) electrons. The molecular weight excluding hydrogens is 285 g/mol. The topological polar surface area (TPSA) is 50.5 Å². The summed E-state index contributed by atoms with van der Waals surface area (Å²) >= 11 is 0. The standard InChI is InChI=1S/C16H20FN3O2/c1-11-12(7-18-19(11)2)8-20-9-15(21)16(10-20)22-14-5-3-4-13(17)6-14/h3-7,15-16,21H,8-10H2,1-2H3/t15-,16-/m1/s1. The SMILES string of the molecule is Cc1c(CN2C[C@@H](O)[C@H](Oc3cccc(F)c3)C2)cnn1C. The Kier molecular flexibility index (Phi) is 4.13. The van der Waals surface area contributed by atoms with Crippen molar-refractivity contribution in [3.8, 4) is 5.75 Å². The second kappa shape index (κ2) is 6.06. The first-order valence-electron chi connectivity index (χ1n) is 7.33. The lowest BCUT2D eigenvalue weighted by atomic mass is 10.2. The van der Waals surface area contributed by atoms with Crippen molar-refractivity contribution in [1.29, 1.82) is 0 Å². The molecule has 2 atom stereocenters. The summed E-state index contributed by atoms with van der Waals surface area (Å²) in [7, 11) is 1.91. The summed E-state index contributed by atoms with van der Waals surface area (Å²) in [5.41, 5.74) is 2.25. The highest BCUT2D eigenvalue weighted by Gasteiger charge is 2.33. The molecule has 6 heteroatoms. The monoisotopic (exact) mass is 305 g/mol. The van der Waals surface area contributed by atoms with E-state index in [0.717, 1.165) is 17.8 Å². The first-order chi connectivity index (χ1) is 10.5. The summed E-state index contributed by atoms with van der Waals surface area (Å²) in [4.78, 5) is 2.12. The van der Waals surface area contributed by atoms with Crippen molar-refractivity contribution in [2.45, 2.75) is 25.7 Å². The first kappa shape index (κ1) is 15.0. The molecule has 0 amide bonds. The van der Waals surface area contributed by atoms with Crippen LogP contribution < -0.4 is 4.74 Å². The fourth-order valence-corrected chi connectivity index (χ4v) is 2.73. The molecule has 5 nitrogen and oxygen atoms in total. The van der Waals surface area contributed by atoms with Gasteiger partial charge in [-0.3, -0.25) is 9.58 Å². The number of aryl methyl sites for hydroxylation is 1. The molecule has 0 bridgehead atoms. The average molecular weight is 305 g/mol. The number of hydrogen-bond donors (Lipinski definition) is 1. The number of aliphatic hydroxyl groups excluding tert-OH is 1. The van der Waals surface area contributed by atoms with E-state index in [1.807, 2.05) is 24.9 Å². The van der Waals surface area contributed by atoms with E-state index in [1.165, 1.54) is 12.1 Å². The van der Waals surface area contributed by atoms with Gasteiger partial charge in [0.1, 0.15) is 23.8 Å². The molecule has 2 heterocycles. The van der Waals surface area contributed by atoms with Crippen LogP contribution in [-0.2, 0) is 13.6 Å². The molecule has 0 unspecified atom stereocenters. The van der Waals surface area contributed by atoms with E-state index in [2.05, 4.69) is 10.00 Å². The molecule has 3 rings (SSSR count). The molecule has 1 aromatic carbocycles. The van der Waals surface area contributed by atoms with Crippen LogP contribution in [0, 0.1) is 12.7 Å². The normalized spacial score (nSPS) is 22.2. The average Bonchev–Trinajstić information content (AvgIpc) is 2.96. The number of β-amino-alcohol motifs (C(OH)–C–C–N with tert-alkyl or cyclic N) is 1. The maximum absolute atomic E-state index is 13.2. The number of aliphatic hydroxyl groups is 1.